The maximum absolute atomic E-state index is 11.9. The van der Waals surface area contributed by atoms with Gasteiger partial charge in [0.2, 0.25) is 0 Å². The summed E-state index contributed by atoms with van der Waals surface area (Å²) in [5.41, 5.74) is 0.242. The van der Waals surface area contributed by atoms with Crippen molar-refractivity contribution in [3.63, 3.8) is 0 Å². The molecule has 11 heteroatoms. The van der Waals surface area contributed by atoms with E-state index >= 15 is 0 Å². The minimum atomic E-state index is -0.600. The first-order valence-corrected chi connectivity index (χ1v) is 7.17. The molecule has 3 aromatic rings. The van der Waals surface area contributed by atoms with Crippen LogP contribution in [0.4, 0.5) is 11.4 Å². The number of hydrogen-bond donors (Lipinski definition) is 1. The van der Waals surface area contributed by atoms with Crippen LogP contribution in [0.2, 0.25) is 0 Å². The lowest BCUT2D eigenvalue weighted by Gasteiger charge is -2.00. The topological polar surface area (TPSA) is 149 Å². The molecular formula is C15H10N6O5. The fraction of sp³-hybridized carbons (Fsp3) is 0. The summed E-state index contributed by atoms with van der Waals surface area (Å²) in [4.78, 5) is 32.2. The molecule has 0 fully saturated rings. The predicted octanol–water partition coefficient (Wildman–Crippen LogP) is 1.94. The quantitative estimate of drug-likeness (QED) is 0.420. The number of nitrogens with one attached hydrogen (secondary N) is 1. The molecule has 3 rings (SSSR count). The first-order valence-electron chi connectivity index (χ1n) is 7.17. The van der Waals surface area contributed by atoms with Gasteiger partial charge in [0, 0.05) is 29.8 Å². The Kier molecular flexibility index (Phi) is 4.34. The molecule has 0 aliphatic rings. The lowest BCUT2D eigenvalue weighted by molar-refractivity contribution is -0.385. The molecule has 0 amide bonds. The van der Waals surface area contributed by atoms with Crippen LogP contribution in [0.25, 0.3) is 11.4 Å². The largest absolute Gasteiger partial charge is 0.364 e. The highest BCUT2D eigenvalue weighted by molar-refractivity contribution is 5.80. The van der Waals surface area contributed by atoms with Crippen molar-refractivity contribution in [2.24, 2.45) is 5.10 Å². The van der Waals surface area contributed by atoms with Crippen molar-refractivity contribution in [2.75, 3.05) is 0 Å². The fourth-order valence-electron chi connectivity index (χ4n) is 2.12. The number of hydrogen-bond acceptors (Lipinski definition) is 7. The molecule has 0 spiro atoms. The zero-order valence-electron chi connectivity index (χ0n) is 13.0. The number of nitro groups is 2. The Morgan fingerprint density at radius 2 is 1.50 bits per heavy atom. The Labute approximate surface area is 144 Å². The van der Waals surface area contributed by atoms with Gasteiger partial charge in [-0.05, 0) is 29.8 Å². The normalized spacial score (nSPS) is 10.9. The average Bonchev–Trinajstić information content (AvgIpc) is 3.01. The van der Waals surface area contributed by atoms with Crippen molar-refractivity contribution in [1.82, 2.24) is 14.9 Å². The van der Waals surface area contributed by atoms with E-state index in [0.29, 0.717) is 11.1 Å². The summed E-state index contributed by atoms with van der Waals surface area (Å²) in [6.45, 7) is 0. The van der Waals surface area contributed by atoms with Crippen molar-refractivity contribution >= 4 is 17.6 Å². The summed E-state index contributed by atoms with van der Waals surface area (Å²) in [6.07, 6.45) is 1.34. The molecule has 1 heterocycles. The van der Waals surface area contributed by atoms with Gasteiger partial charge in [0.05, 0.1) is 16.1 Å². The number of H-pyrrole nitrogens is 1. The van der Waals surface area contributed by atoms with Gasteiger partial charge in [-0.15, -0.1) is 0 Å². The summed E-state index contributed by atoms with van der Waals surface area (Å²) in [5.74, 6) is 0.169. The average molecular weight is 354 g/mol. The van der Waals surface area contributed by atoms with Crippen LogP contribution >= 0.6 is 0 Å². The highest BCUT2D eigenvalue weighted by Crippen LogP contribution is 2.19. The summed E-state index contributed by atoms with van der Waals surface area (Å²) in [7, 11) is 0. The van der Waals surface area contributed by atoms with Crippen molar-refractivity contribution in [1.29, 1.82) is 0 Å². The van der Waals surface area contributed by atoms with E-state index < -0.39 is 15.5 Å². The number of aromatic nitrogens is 3. The summed E-state index contributed by atoms with van der Waals surface area (Å²) in [5, 5.41) is 31.5. The lowest BCUT2D eigenvalue weighted by Crippen LogP contribution is -2.13. The fourth-order valence-corrected chi connectivity index (χ4v) is 2.12. The maximum Gasteiger partial charge on any atom is 0.364 e. The van der Waals surface area contributed by atoms with Gasteiger partial charge in [-0.1, -0.05) is 0 Å². The monoisotopic (exact) mass is 354 g/mol. The highest BCUT2D eigenvalue weighted by Gasteiger charge is 2.12. The van der Waals surface area contributed by atoms with E-state index in [1.165, 1.54) is 54.7 Å². The van der Waals surface area contributed by atoms with Gasteiger partial charge < -0.3 is 0 Å². The second kappa shape index (κ2) is 6.76. The Hall–Kier alpha value is -4.15. The van der Waals surface area contributed by atoms with Crippen LogP contribution in [0.5, 0.6) is 0 Å². The number of rotatable bonds is 5. The van der Waals surface area contributed by atoms with Crippen molar-refractivity contribution < 1.29 is 9.85 Å². The molecular weight excluding hydrogens is 344 g/mol. The number of non-ortho nitro benzene ring substituents is 2. The second-order valence-electron chi connectivity index (χ2n) is 5.06. The van der Waals surface area contributed by atoms with Crippen LogP contribution in [0, 0.1) is 20.2 Å². The Morgan fingerprint density at radius 1 is 0.962 bits per heavy atom. The van der Waals surface area contributed by atoms with Gasteiger partial charge in [0.1, 0.15) is 0 Å². The van der Waals surface area contributed by atoms with Gasteiger partial charge in [0.15, 0.2) is 5.82 Å². The zero-order chi connectivity index (χ0) is 18.7. The zero-order valence-corrected chi connectivity index (χ0v) is 13.0. The molecule has 0 saturated heterocycles. The smallest absolute Gasteiger partial charge is 0.258 e. The highest BCUT2D eigenvalue weighted by atomic mass is 16.6. The molecule has 0 aliphatic heterocycles. The summed E-state index contributed by atoms with van der Waals surface area (Å²) >= 11 is 0. The Bertz CT molecular complexity index is 1050. The van der Waals surface area contributed by atoms with Crippen molar-refractivity contribution in [3.8, 4) is 11.4 Å². The third-order valence-corrected chi connectivity index (χ3v) is 3.41. The molecule has 0 unspecified atom stereocenters. The molecule has 0 atom stereocenters. The van der Waals surface area contributed by atoms with E-state index in [-0.39, 0.29) is 17.2 Å². The van der Waals surface area contributed by atoms with Gasteiger partial charge in [-0.3, -0.25) is 20.2 Å². The van der Waals surface area contributed by atoms with E-state index in [0.717, 1.165) is 4.68 Å². The van der Waals surface area contributed by atoms with Crippen LogP contribution in [0.1, 0.15) is 5.56 Å². The van der Waals surface area contributed by atoms with Crippen LogP contribution in [0.15, 0.2) is 58.4 Å². The molecule has 0 aliphatic carbocycles. The Morgan fingerprint density at radius 3 is 2.04 bits per heavy atom. The maximum atomic E-state index is 11.9. The standard InChI is InChI=1S/C15H10N6O5/c22-15-18-17-14(11-3-7-13(8-4-11)21(25)26)19(15)16-9-10-1-5-12(6-2-10)20(23)24/h1-9H,(H,18,22)/b16-9-. The molecule has 26 heavy (non-hydrogen) atoms. The first-order chi connectivity index (χ1) is 12.5. The minimum Gasteiger partial charge on any atom is -0.258 e. The summed E-state index contributed by atoms with van der Waals surface area (Å²) < 4.78 is 0.989. The van der Waals surface area contributed by atoms with E-state index in [1.54, 1.807) is 0 Å². The molecule has 11 nitrogen and oxygen atoms in total. The van der Waals surface area contributed by atoms with E-state index in [1.807, 2.05) is 0 Å². The van der Waals surface area contributed by atoms with Gasteiger partial charge in [-0.2, -0.15) is 14.9 Å². The first kappa shape index (κ1) is 16.7. The molecule has 0 bridgehead atoms. The lowest BCUT2D eigenvalue weighted by atomic mass is 10.2. The SMILES string of the molecule is O=c1[nH]nc(-c2ccc([N+](=O)[O-])cc2)n1/N=C\c1ccc([N+](=O)[O-])cc1. The van der Waals surface area contributed by atoms with Crippen LogP contribution < -0.4 is 5.69 Å². The van der Waals surface area contributed by atoms with E-state index in [4.69, 9.17) is 0 Å². The molecule has 2 aromatic carbocycles. The number of benzene rings is 2. The van der Waals surface area contributed by atoms with Crippen molar-refractivity contribution in [2.45, 2.75) is 0 Å². The number of nitro benzene ring substituents is 2. The van der Waals surface area contributed by atoms with Gasteiger partial charge in [-0.25, -0.2) is 9.89 Å². The van der Waals surface area contributed by atoms with E-state index in [2.05, 4.69) is 15.3 Å². The molecule has 1 N–H and O–H groups in total. The second-order valence-corrected chi connectivity index (χ2v) is 5.06. The molecule has 1 aromatic heterocycles. The molecule has 130 valence electrons. The Balaban J connectivity index is 1.91. The van der Waals surface area contributed by atoms with E-state index in [9.17, 15) is 25.0 Å². The molecule has 0 radical (unpaired) electrons. The molecule has 0 saturated carbocycles. The third kappa shape index (κ3) is 3.36. The third-order valence-electron chi connectivity index (χ3n) is 3.41. The number of aromatic amines is 1. The van der Waals surface area contributed by atoms with Gasteiger partial charge >= 0.3 is 5.69 Å². The number of nitrogens with zero attached hydrogens (tertiary/aromatic N) is 5. The predicted molar refractivity (Wildman–Crippen MR) is 91.0 cm³/mol. The van der Waals surface area contributed by atoms with Gasteiger partial charge in [0.25, 0.3) is 11.4 Å². The summed E-state index contributed by atoms with van der Waals surface area (Å²) in [6, 6.07) is 11.1. The van der Waals surface area contributed by atoms with Crippen LogP contribution in [-0.2, 0) is 0 Å². The van der Waals surface area contributed by atoms with Crippen LogP contribution in [-0.4, -0.2) is 30.9 Å². The minimum absolute atomic E-state index is 0.0609. The van der Waals surface area contributed by atoms with Crippen LogP contribution in [0.3, 0.4) is 0 Å². The van der Waals surface area contributed by atoms with Crippen molar-refractivity contribution in [3.05, 3.63) is 84.8 Å².